The maximum Gasteiger partial charge on any atom is 0.270 e. The molecule has 3 heterocycles. The third kappa shape index (κ3) is 4.19. The second-order valence-corrected chi connectivity index (χ2v) is 6.07. The molecule has 2 aromatic rings. The Labute approximate surface area is 146 Å². The first-order valence-corrected chi connectivity index (χ1v) is 8.22. The SMILES string of the molecule is CNC(=O)[C@H]1CN(Cc2ccncc2)C[C@@H]1NC(=O)c1ccccn1. The Bertz CT molecular complexity index is 723. The molecule has 1 aliphatic rings. The van der Waals surface area contributed by atoms with Crippen molar-refractivity contribution in [3.63, 3.8) is 0 Å². The van der Waals surface area contributed by atoms with Gasteiger partial charge in [-0.15, -0.1) is 0 Å². The third-order valence-corrected chi connectivity index (χ3v) is 4.35. The number of carbonyl (C=O) groups excluding carboxylic acids is 2. The molecule has 0 bridgehead atoms. The van der Waals surface area contributed by atoms with Crippen LogP contribution in [0.2, 0.25) is 0 Å². The van der Waals surface area contributed by atoms with Crippen LogP contribution in [0.25, 0.3) is 0 Å². The molecule has 130 valence electrons. The molecule has 0 radical (unpaired) electrons. The molecule has 3 rings (SSSR count). The van der Waals surface area contributed by atoms with Crippen LogP contribution in [0.1, 0.15) is 16.1 Å². The van der Waals surface area contributed by atoms with Gasteiger partial charge in [0.25, 0.3) is 5.91 Å². The van der Waals surface area contributed by atoms with E-state index in [1.165, 1.54) is 0 Å². The van der Waals surface area contributed by atoms with E-state index in [1.807, 2.05) is 12.1 Å². The molecule has 1 fully saturated rings. The summed E-state index contributed by atoms with van der Waals surface area (Å²) in [5.41, 5.74) is 1.48. The smallest absolute Gasteiger partial charge is 0.270 e. The summed E-state index contributed by atoms with van der Waals surface area (Å²) in [5, 5.41) is 5.65. The van der Waals surface area contributed by atoms with E-state index in [9.17, 15) is 9.59 Å². The number of hydrogen-bond donors (Lipinski definition) is 2. The lowest BCUT2D eigenvalue weighted by Gasteiger charge is -2.18. The van der Waals surface area contributed by atoms with Gasteiger partial charge in [0.1, 0.15) is 5.69 Å². The zero-order valence-electron chi connectivity index (χ0n) is 14.1. The first-order valence-electron chi connectivity index (χ1n) is 8.22. The Morgan fingerprint density at radius 2 is 1.96 bits per heavy atom. The van der Waals surface area contributed by atoms with E-state index in [2.05, 4.69) is 25.5 Å². The van der Waals surface area contributed by atoms with E-state index in [-0.39, 0.29) is 23.8 Å². The number of nitrogens with zero attached hydrogens (tertiary/aromatic N) is 3. The van der Waals surface area contributed by atoms with Crippen LogP contribution >= 0.6 is 0 Å². The van der Waals surface area contributed by atoms with Gasteiger partial charge in [-0.1, -0.05) is 6.07 Å². The number of hydrogen-bond acceptors (Lipinski definition) is 5. The Hall–Kier alpha value is -2.80. The largest absolute Gasteiger partial charge is 0.359 e. The molecule has 7 nitrogen and oxygen atoms in total. The van der Waals surface area contributed by atoms with Gasteiger partial charge in [0, 0.05) is 45.3 Å². The van der Waals surface area contributed by atoms with Crippen molar-refractivity contribution in [1.82, 2.24) is 25.5 Å². The Morgan fingerprint density at radius 1 is 1.16 bits per heavy atom. The highest BCUT2D eigenvalue weighted by molar-refractivity contribution is 5.93. The van der Waals surface area contributed by atoms with E-state index in [4.69, 9.17) is 0 Å². The lowest BCUT2D eigenvalue weighted by atomic mass is 10.0. The van der Waals surface area contributed by atoms with Crippen LogP contribution in [0, 0.1) is 5.92 Å². The highest BCUT2D eigenvalue weighted by Gasteiger charge is 2.38. The van der Waals surface area contributed by atoms with Gasteiger partial charge in [0.05, 0.1) is 12.0 Å². The van der Waals surface area contributed by atoms with Crippen molar-refractivity contribution >= 4 is 11.8 Å². The third-order valence-electron chi connectivity index (χ3n) is 4.35. The number of pyridine rings is 2. The minimum absolute atomic E-state index is 0.0662. The number of rotatable bonds is 5. The van der Waals surface area contributed by atoms with Crippen molar-refractivity contribution in [3.05, 3.63) is 60.2 Å². The van der Waals surface area contributed by atoms with Gasteiger partial charge in [0.15, 0.2) is 0 Å². The van der Waals surface area contributed by atoms with Gasteiger partial charge in [-0.05, 0) is 29.8 Å². The quantitative estimate of drug-likeness (QED) is 0.826. The minimum atomic E-state index is -0.292. The second kappa shape index (κ2) is 7.85. The standard InChI is InChI=1S/C18H21N5O2/c1-19-17(24)14-11-23(10-13-5-8-20-9-6-13)12-16(14)22-18(25)15-4-2-3-7-21-15/h2-9,14,16H,10-12H2,1H3,(H,19,24)(H,22,25)/t14-,16-/m0/s1. The van der Waals surface area contributed by atoms with E-state index >= 15 is 0 Å². The number of aromatic nitrogens is 2. The molecule has 2 amide bonds. The van der Waals surface area contributed by atoms with E-state index < -0.39 is 0 Å². The number of carbonyl (C=O) groups is 2. The summed E-state index contributed by atoms with van der Waals surface area (Å²) in [5.74, 6) is -0.617. The summed E-state index contributed by atoms with van der Waals surface area (Å²) in [7, 11) is 1.62. The first-order chi connectivity index (χ1) is 12.2. The summed E-state index contributed by atoms with van der Waals surface area (Å²) >= 11 is 0. The Balaban J connectivity index is 1.69. The number of amides is 2. The summed E-state index contributed by atoms with van der Waals surface area (Å²) in [6, 6.07) is 8.84. The first kappa shape index (κ1) is 17.0. The zero-order valence-corrected chi connectivity index (χ0v) is 14.1. The van der Waals surface area contributed by atoms with Crippen molar-refractivity contribution in [2.24, 2.45) is 5.92 Å². The monoisotopic (exact) mass is 339 g/mol. The predicted molar refractivity (Wildman–Crippen MR) is 92.6 cm³/mol. The maximum atomic E-state index is 12.4. The number of likely N-dealkylation sites (tertiary alicyclic amines) is 1. The lowest BCUT2D eigenvalue weighted by Crippen LogP contribution is -2.45. The van der Waals surface area contributed by atoms with Gasteiger partial charge < -0.3 is 10.6 Å². The zero-order chi connectivity index (χ0) is 17.6. The molecule has 1 aliphatic heterocycles. The molecule has 1 saturated heterocycles. The van der Waals surface area contributed by atoms with Crippen molar-refractivity contribution < 1.29 is 9.59 Å². The molecule has 0 aromatic carbocycles. The van der Waals surface area contributed by atoms with Gasteiger partial charge in [0.2, 0.25) is 5.91 Å². The van der Waals surface area contributed by atoms with Crippen LogP contribution in [0.4, 0.5) is 0 Å². The topological polar surface area (TPSA) is 87.2 Å². The van der Waals surface area contributed by atoms with Gasteiger partial charge in [-0.3, -0.25) is 24.5 Å². The van der Waals surface area contributed by atoms with Gasteiger partial charge >= 0.3 is 0 Å². The van der Waals surface area contributed by atoms with Crippen molar-refractivity contribution in [1.29, 1.82) is 0 Å². The fourth-order valence-corrected chi connectivity index (χ4v) is 3.10. The highest BCUT2D eigenvalue weighted by Crippen LogP contribution is 2.20. The Morgan fingerprint density at radius 3 is 2.64 bits per heavy atom. The van der Waals surface area contributed by atoms with Crippen LogP contribution in [-0.4, -0.2) is 52.9 Å². The molecular weight excluding hydrogens is 318 g/mol. The summed E-state index contributed by atoms with van der Waals surface area (Å²) in [6.45, 7) is 1.92. The van der Waals surface area contributed by atoms with Crippen molar-refractivity contribution in [3.8, 4) is 0 Å². The molecule has 2 aromatic heterocycles. The average Bonchev–Trinajstić information content (AvgIpc) is 3.04. The van der Waals surface area contributed by atoms with Crippen molar-refractivity contribution in [2.45, 2.75) is 12.6 Å². The normalized spacial score (nSPS) is 20.2. The van der Waals surface area contributed by atoms with E-state index in [0.29, 0.717) is 25.3 Å². The Kier molecular flexibility index (Phi) is 5.35. The molecule has 2 atom stereocenters. The van der Waals surface area contributed by atoms with Gasteiger partial charge in [-0.25, -0.2) is 0 Å². The van der Waals surface area contributed by atoms with Crippen LogP contribution in [0.15, 0.2) is 48.9 Å². The number of nitrogens with one attached hydrogen (secondary N) is 2. The second-order valence-electron chi connectivity index (χ2n) is 6.07. The molecule has 0 saturated carbocycles. The summed E-state index contributed by atoms with van der Waals surface area (Å²) in [6.07, 6.45) is 5.08. The average molecular weight is 339 g/mol. The minimum Gasteiger partial charge on any atom is -0.359 e. The fourth-order valence-electron chi connectivity index (χ4n) is 3.10. The summed E-state index contributed by atoms with van der Waals surface area (Å²) < 4.78 is 0. The molecule has 7 heteroatoms. The molecular formula is C18H21N5O2. The van der Waals surface area contributed by atoms with Crippen LogP contribution in [-0.2, 0) is 11.3 Å². The predicted octanol–water partition coefficient (Wildman–Crippen LogP) is 0.453. The molecule has 25 heavy (non-hydrogen) atoms. The fraction of sp³-hybridized carbons (Fsp3) is 0.333. The van der Waals surface area contributed by atoms with Crippen molar-refractivity contribution in [2.75, 3.05) is 20.1 Å². The lowest BCUT2D eigenvalue weighted by molar-refractivity contribution is -0.124. The van der Waals surface area contributed by atoms with Gasteiger partial charge in [-0.2, -0.15) is 0 Å². The molecule has 0 unspecified atom stereocenters. The summed E-state index contributed by atoms with van der Waals surface area (Å²) in [4.78, 5) is 34.9. The maximum absolute atomic E-state index is 12.4. The molecule has 2 N–H and O–H groups in total. The van der Waals surface area contributed by atoms with Crippen LogP contribution in [0.5, 0.6) is 0 Å². The van der Waals surface area contributed by atoms with E-state index in [1.54, 1.807) is 43.8 Å². The van der Waals surface area contributed by atoms with Crippen LogP contribution < -0.4 is 10.6 Å². The highest BCUT2D eigenvalue weighted by atomic mass is 16.2. The van der Waals surface area contributed by atoms with E-state index in [0.717, 1.165) is 5.56 Å². The van der Waals surface area contributed by atoms with Crippen LogP contribution in [0.3, 0.4) is 0 Å². The molecule has 0 spiro atoms. The molecule has 0 aliphatic carbocycles.